The van der Waals surface area contributed by atoms with E-state index >= 15 is 0 Å². The highest BCUT2D eigenvalue weighted by Crippen LogP contribution is 2.22. The van der Waals surface area contributed by atoms with E-state index < -0.39 is 0 Å². The predicted molar refractivity (Wildman–Crippen MR) is 60.9 cm³/mol. The van der Waals surface area contributed by atoms with Gasteiger partial charge in [0.05, 0.1) is 5.03 Å². The second-order valence-electron chi connectivity index (χ2n) is 3.47. The molecule has 1 aromatic rings. The zero-order chi connectivity index (χ0) is 9.80. The number of hydrogen-bond donors (Lipinski definition) is 1. The molecule has 1 N–H and O–H groups in total. The molecule has 0 amide bonds. The highest BCUT2D eigenvalue weighted by Gasteiger charge is 2.14. The summed E-state index contributed by atoms with van der Waals surface area (Å²) in [6.45, 7) is 2.31. The molecule has 0 aromatic carbocycles. The molecule has 2 rings (SSSR count). The lowest BCUT2D eigenvalue weighted by Gasteiger charge is -2.06. The molecular formula is C10H13ClN2S. The summed E-state index contributed by atoms with van der Waals surface area (Å²) in [6.07, 6.45) is 1.29. The van der Waals surface area contributed by atoms with E-state index in [0.717, 1.165) is 29.8 Å². The molecule has 1 aromatic heterocycles. The van der Waals surface area contributed by atoms with Crippen molar-refractivity contribution in [2.75, 3.05) is 18.8 Å². The first-order chi connectivity index (χ1) is 6.84. The van der Waals surface area contributed by atoms with Crippen molar-refractivity contribution >= 4 is 23.4 Å². The zero-order valence-corrected chi connectivity index (χ0v) is 9.44. The molecule has 4 heteroatoms. The molecule has 0 aliphatic carbocycles. The summed E-state index contributed by atoms with van der Waals surface area (Å²) < 4.78 is 0. The minimum absolute atomic E-state index is 0.583. The Balaban J connectivity index is 1.85. The number of nitrogens with one attached hydrogen (secondary N) is 1. The molecule has 2 heterocycles. The first-order valence-electron chi connectivity index (χ1n) is 4.80. The van der Waals surface area contributed by atoms with Crippen LogP contribution in [0.5, 0.6) is 0 Å². The van der Waals surface area contributed by atoms with Crippen molar-refractivity contribution in [3.05, 3.63) is 23.4 Å². The van der Waals surface area contributed by atoms with Gasteiger partial charge >= 0.3 is 0 Å². The van der Waals surface area contributed by atoms with E-state index in [1.54, 1.807) is 11.8 Å². The standard InChI is InChI=1S/C10H13ClN2S/c11-9-2-1-3-10(13-9)14-7-8-4-5-12-6-8/h1-3,8,12H,4-7H2. The van der Waals surface area contributed by atoms with Gasteiger partial charge in [0.1, 0.15) is 5.15 Å². The second-order valence-corrected chi connectivity index (χ2v) is 4.90. The first kappa shape index (κ1) is 10.3. The van der Waals surface area contributed by atoms with Gasteiger partial charge in [-0.05, 0) is 37.6 Å². The van der Waals surface area contributed by atoms with Crippen LogP contribution >= 0.6 is 23.4 Å². The molecule has 0 radical (unpaired) electrons. The molecule has 0 bridgehead atoms. The van der Waals surface area contributed by atoms with Gasteiger partial charge in [-0.1, -0.05) is 17.7 Å². The van der Waals surface area contributed by atoms with Crippen molar-refractivity contribution in [2.45, 2.75) is 11.4 Å². The molecular weight excluding hydrogens is 216 g/mol. The van der Waals surface area contributed by atoms with Crippen LogP contribution < -0.4 is 5.32 Å². The molecule has 14 heavy (non-hydrogen) atoms. The Morgan fingerprint density at radius 3 is 3.21 bits per heavy atom. The molecule has 1 aliphatic rings. The highest BCUT2D eigenvalue weighted by molar-refractivity contribution is 7.99. The van der Waals surface area contributed by atoms with Crippen LogP contribution in [0.4, 0.5) is 0 Å². The van der Waals surface area contributed by atoms with Crippen molar-refractivity contribution in [2.24, 2.45) is 5.92 Å². The van der Waals surface area contributed by atoms with Crippen LogP contribution in [0.2, 0.25) is 5.15 Å². The molecule has 0 saturated carbocycles. The van der Waals surface area contributed by atoms with Crippen LogP contribution in [0.1, 0.15) is 6.42 Å². The van der Waals surface area contributed by atoms with Gasteiger partial charge in [-0.3, -0.25) is 0 Å². The molecule has 0 spiro atoms. The number of halogens is 1. The number of rotatable bonds is 3. The molecule has 1 atom stereocenters. The van der Waals surface area contributed by atoms with Crippen LogP contribution in [0, 0.1) is 5.92 Å². The SMILES string of the molecule is Clc1cccc(SCC2CCNC2)n1. The summed E-state index contributed by atoms with van der Waals surface area (Å²) in [4.78, 5) is 4.24. The van der Waals surface area contributed by atoms with Gasteiger partial charge in [0.25, 0.3) is 0 Å². The summed E-state index contributed by atoms with van der Waals surface area (Å²) in [5, 5.41) is 4.97. The average Bonchev–Trinajstić information content (AvgIpc) is 2.67. The fraction of sp³-hybridized carbons (Fsp3) is 0.500. The van der Waals surface area contributed by atoms with E-state index in [2.05, 4.69) is 10.3 Å². The van der Waals surface area contributed by atoms with Crippen molar-refractivity contribution in [1.29, 1.82) is 0 Å². The maximum absolute atomic E-state index is 5.80. The van der Waals surface area contributed by atoms with Crippen LogP contribution in [0.3, 0.4) is 0 Å². The lowest BCUT2D eigenvalue weighted by Crippen LogP contribution is -2.10. The summed E-state index contributed by atoms with van der Waals surface area (Å²) in [6, 6.07) is 5.77. The zero-order valence-electron chi connectivity index (χ0n) is 7.87. The Kier molecular flexibility index (Phi) is 3.67. The first-order valence-corrected chi connectivity index (χ1v) is 6.17. The average molecular weight is 229 g/mol. The molecule has 1 fully saturated rings. The van der Waals surface area contributed by atoms with E-state index in [1.165, 1.54) is 6.42 Å². The smallest absolute Gasteiger partial charge is 0.130 e. The van der Waals surface area contributed by atoms with Crippen LogP contribution in [0.15, 0.2) is 23.2 Å². The van der Waals surface area contributed by atoms with E-state index in [1.807, 2.05) is 18.2 Å². The number of hydrogen-bond acceptors (Lipinski definition) is 3. The Morgan fingerprint density at radius 2 is 2.50 bits per heavy atom. The number of pyridine rings is 1. The molecule has 1 aliphatic heterocycles. The van der Waals surface area contributed by atoms with Gasteiger partial charge < -0.3 is 5.32 Å². The van der Waals surface area contributed by atoms with Crippen molar-refractivity contribution < 1.29 is 0 Å². The minimum atomic E-state index is 0.583. The predicted octanol–water partition coefficient (Wildman–Crippen LogP) is 2.44. The van der Waals surface area contributed by atoms with Gasteiger partial charge in [0.2, 0.25) is 0 Å². The third kappa shape index (κ3) is 2.87. The van der Waals surface area contributed by atoms with Crippen LogP contribution in [-0.2, 0) is 0 Å². The number of nitrogens with zero attached hydrogens (tertiary/aromatic N) is 1. The van der Waals surface area contributed by atoms with Gasteiger partial charge in [-0.25, -0.2) is 4.98 Å². The lowest BCUT2D eigenvalue weighted by atomic mass is 10.2. The van der Waals surface area contributed by atoms with Gasteiger partial charge in [0.15, 0.2) is 0 Å². The number of aromatic nitrogens is 1. The largest absolute Gasteiger partial charge is 0.316 e. The van der Waals surface area contributed by atoms with E-state index in [4.69, 9.17) is 11.6 Å². The third-order valence-corrected chi connectivity index (χ3v) is 3.69. The third-order valence-electron chi connectivity index (χ3n) is 2.32. The summed E-state index contributed by atoms with van der Waals surface area (Å²) in [7, 11) is 0. The summed E-state index contributed by atoms with van der Waals surface area (Å²) >= 11 is 7.60. The highest BCUT2D eigenvalue weighted by atomic mass is 35.5. The van der Waals surface area contributed by atoms with Crippen molar-refractivity contribution in [3.8, 4) is 0 Å². The summed E-state index contributed by atoms with van der Waals surface area (Å²) in [5.41, 5.74) is 0. The topological polar surface area (TPSA) is 24.9 Å². The number of thioether (sulfide) groups is 1. The van der Waals surface area contributed by atoms with Gasteiger partial charge in [0, 0.05) is 5.75 Å². The van der Waals surface area contributed by atoms with E-state index in [0.29, 0.717) is 5.15 Å². The fourth-order valence-electron chi connectivity index (χ4n) is 1.53. The maximum Gasteiger partial charge on any atom is 0.130 e. The van der Waals surface area contributed by atoms with E-state index in [-0.39, 0.29) is 0 Å². The summed E-state index contributed by atoms with van der Waals surface area (Å²) in [5.74, 6) is 1.93. The second kappa shape index (κ2) is 5.01. The van der Waals surface area contributed by atoms with Crippen LogP contribution in [-0.4, -0.2) is 23.8 Å². The Bertz CT molecular complexity index is 300. The monoisotopic (exact) mass is 228 g/mol. The quantitative estimate of drug-likeness (QED) is 0.636. The van der Waals surface area contributed by atoms with E-state index in [9.17, 15) is 0 Å². The molecule has 1 saturated heterocycles. The lowest BCUT2D eigenvalue weighted by molar-refractivity contribution is 0.662. The molecule has 76 valence electrons. The van der Waals surface area contributed by atoms with Gasteiger partial charge in [-0.2, -0.15) is 0 Å². The molecule has 1 unspecified atom stereocenters. The molecule has 2 nitrogen and oxygen atoms in total. The Labute approximate surface area is 93.4 Å². The van der Waals surface area contributed by atoms with Crippen LogP contribution in [0.25, 0.3) is 0 Å². The normalized spacial score (nSPS) is 21.4. The fourth-order valence-corrected chi connectivity index (χ4v) is 2.77. The van der Waals surface area contributed by atoms with Crippen molar-refractivity contribution in [1.82, 2.24) is 10.3 Å². The Morgan fingerprint density at radius 1 is 1.57 bits per heavy atom. The Hall–Kier alpha value is -0.250. The van der Waals surface area contributed by atoms with Crippen molar-refractivity contribution in [3.63, 3.8) is 0 Å². The van der Waals surface area contributed by atoms with Gasteiger partial charge in [-0.15, -0.1) is 11.8 Å². The maximum atomic E-state index is 5.80. The minimum Gasteiger partial charge on any atom is -0.316 e.